The minimum Gasteiger partial charge on any atom is -0.462 e. The van der Waals surface area contributed by atoms with Crippen molar-refractivity contribution in [2.24, 2.45) is 0 Å². The molecule has 0 spiro atoms. The van der Waals surface area contributed by atoms with Crippen molar-refractivity contribution in [3.8, 4) is 0 Å². The van der Waals surface area contributed by atoms with Gasteiger partial charge in [0.1, 0.15) is 6.54 Å². The van der Waals surface area contributed by atoms with E-state index in [0.717, 1.165) is 0 Å². The number of alkyl halides is 3. The Morgan fingerprint density at radius 3 is 2.24 bits per heavy atom. The van der Waals surface area contributed by atoms with E-state index in [1.165, 1.54) is 48.5 Å². The van der Waals surface area contributed by atoms with Crippen molar-refractivity contribution in [1.82, 2.24) is 5.32 Å². The number of amides is 1. The van der Waals surface area contributed by atoms with Gasteiger partial charge in [0.15, 0.2) is 0 Å². The number of halogens is 3. The lowest BCUT2D eigenvalue weighted by Crippen LogP contribution is -2.34. The molecule has 0 aromatic heterocycles. The van der Waals surface area contributed by atoms with E-state index in [0.29, 0.717) is 0 Å². The Balaban J connectivity index is 2.22. The van der Waals surface area contributed by atoms with E-state index < -0.39 is 34.6 Å². The molecule has 0 heterocycles. The summed E-state index contributed by atoms with van der Waals surface area (Å²) in [6, 6.07) is 10.1. The summed E-state index contributed by atoms with van der Waals surface area (Å²) >= 11 is 0. The van der Waals surface area contributed by atoms with Crippen LogP contribution in [0.1, 0.15) is 27.6 Å². The molecule has 11 heteroatoms. The number of carbonyl (C=O) groups is 2. The highest BCUT2D eigenvalue weighted by Gasteiger charge is 2.28. The highest BCUT2D eigenvalue weighted by Crippen LogP contribution is 2.21. The third-order valence-electron chi connectivity index (χ3n) is 3.54. The predicted molar refractivity (Wildman–Crippen MR) is 98.0 cm³/mol. The Labute approximate surface area is 164 Å². The van der Waals surface area contributed by atoms with Gasteiger partial charge < -0.3 is 10.1 Å². The molecule has 2 rings (SSSR count). The summed E-state index contributed by atoms with van der Waals surface area (Å²) in [7, 11) is -4.17. The van der Waals surface area contributed by atoms with E-state index in [4.69, 9.17) is 4.74 Å². The first kappa shape index (κ1) is 22.2. The Kier molecular flexibility index (Phi) is 6.85. The number of nitrogens with one attached hydrogen (secondary N) is 2. The molecular weight excluding hydrogens is 413 g/mol. The molecule has 1 amide bonds. The number of carbonyl (C=O) groups excluding carboxylic acids is 2. The van der Waals surface area contributed by atoms with Gasteiger partial charge in [-0.3, -0.25) is 9.52 Å². The molecule has 0 aliphatic rings. The molecule has 156 valence electrons. The minimum atomic E-state index is -4.61. The molecule has 2 aromatic rings. The standard InChI is InChI=1S/C18H17F3N2O5S/c1-2-28-17(25)12-7-9-13(10-8-12)29(26,27)23-15-6-4-3-5-14(15)16(24)22-11-18(19,20)21/h3-10,23H,2,11H2,1H3,(H,22,24). The van der Waals surface area contributed by atoms with Crippen LogP contribution in [0.4, 0.5) is 18.9 Å². The summed E-state index contributed by atoms with van der Waals surface area (Å²) in [5.41, 5.74) is -0.317. The van der Waals surface area contributed by atoms with Gasteiger partial charge in [0.05, 0.1) is 28.3 Å². The van der Waals surface area contributed by atoms with Gasteiger partial charge in [-0.15, -0.1) is 0 Å². The minimum absolute atomic E-state index is 0.151. The molecule has 0 bridgehead atoms. The Hall–Kier alpha value is -3.08. The molecule has 7 nitrogen and oxygen atoms in total. The second-order valence-corrected chi connectivity index (χ2v) is 7.38. The molecule has 0 aliphatic heterocycles. The van der Waals surface area contributed by atoms with E-state index in [1.807, 2.05) is 0 Å². The molecule has 0 aliphatic carbocycles. The largest absolute Gasteiger partial charge is 0.462 e. The van der Waals surface area contributed by atoms with Crippen molar-refractivity contribution >= 4 is 27.6 Å². The maximum Gasteiger partial charge on any atom is 0.405 e. The third-order valence-corrected chi connectivity index (χ3v) is 4.92. The first-order valence-corrected chi connectivity index (χ1v) is 9.76. The zero-order valence-corrected chi connectivity index (χ0v) is 15.9. The molecule has 0 fully saturated rings. The summed E-state index contributed by atoms with van der Waals surface area (Å²) in [5, 5.41) is 1.69. The van der Waals surface area contributed by atoms with Crippen LogP contribution in [0.25, 0.3) is 0 Å². The number of rotatable bonds is 7. The predicted octanol–water partition coefficient (Wildman–Crippen LogP) is 2.96. The molecule has 0 atom stereocenters. The maximum absolute atomic E-state index is 12.6. The number of benzene rings is 2. The number of hydrogen-bond donors (Lipinski definition) is 2. The summed E-state index contributed by atoms with van der Waals surface area (Å²) in [5.74, 6) is -1.70. The molecule has 29 heavy (non-hydrogen) atoms. The van der Waals surface area contributed by atoms with Gasteiger partial charge in [-0.05, 0) is 43.3 Å². The molecule has 0 saturated heterocycles. The lowest BCUT2D eigenvalue weighted by Gasteiger charge is -2.14. The number of ether oxygens (including phenoxy) is 1. The van der Waals surface area contributed by atoms with E-state index in [9.17, 15) is 31.2 Å². The number of sulfonamides is 1. The summed E-state index contributed by atoms with van der Waals surface area (Å²) in [6.45, 7) is 0.235. The normalized spacial score (nSPS) is 11.6. The fraction of sp³-hybridized carbons (Fsp3) is 0.222. The topological polar surface area (TPSA) is 102 Å². The Morgan fingerprint density at radius 2 is 1.66 bits per heavy atom. The van der Waals surface area contributed by atoms with Crippen molar-refractivity contribution in [2.45, 2.75) is 18.0 Å². The smallest absolute Gasteiger partial charge is 0.405 e. The molecule has 2 aromatic carbocycles. The number of esters is 1. The fourth-order valence-corrected chi connectivity index (χ4v) is 3.31. The average Bonchev–Trinajstić information content (AvgIpc) is 2.66. The molecule has 0 radical (unpaired) electrons. The number of anilines is 1. The molecule has 2 N–H and O–H groups in total. The molecule has 0 saturated carbocycles. The lowest BCUT2D eigenvalue weighted by atomic mass is 10.1. The fourth-order valence-electron chi connectivity index (χ4n) is 2.23. The second-order valence-electron chi connectivity index (χ2n) is 5.69. The van der Waals surface area contributed by atoms with Crippen LogP contribution in [-0.2, 0) is 14.8 Å². The summed E-state index contributed by atoms with van der Waals surface area (Å²) in [6.07, 6.45) is -4.61. The van der Waals surface area contributed by atoms with Crippen LogP contribution in [0.2, 0.25) is 0 Å². The van der Waals surface area contributed by atoms with Gasteiger partial charge in [0.2, 0.25) is 0 Å². The van der Waals surface area contributed by atoms with E-state index in [1.54, 1.807) is 12.2 Å². The third kappa shape index (κ3) is 6.21. The van der Waals surface area contributed by atoms with Crippen molar-refractivity contribution in [3.63, 3.8) is 0 Å². The highest BCUT2D eigenvalue weighted by atomic mass is 32.2. The van der Waals surface area contributed by atoms with Crippen molar-refractivity contribution in [1.29, 1.82) is 0 Å². The van der Waals surface area contributed by atoms with E-state index in [2.05, 4.69) is 4.72 Å². The average molecular weight is 430 g/mol. The summed E-state index contributed by atoms with van der Waals surface area (Å²) in [4.78, 5) is 23.4. The van der Waals surface area contributed by atoms with Gasteiger partial charge in [0, 0.05) is 0 Å². The van der Waals surface area contributed by atoms with Crippen LogP contribution >= 0.6 is 0 Å². The van der Waals surface area contributed by atoms with Gasteiger partial charge in [-0.2, -0.15) is 13.2 Å². The van der Waals surface area contributed by atoms with E-state index >= 15 is 0 Å². The monoisotopic (exact) mass is 430 g/mol. The van der Waals surface area contributed by atoms with Crippen LogP contribution in [0, 0.1) is 0 Å². The maximum atomic E-state index is 12.6. The first-order valence-electron chi connectivity index (χ1n) is 8.27. The van der Waals surface area contributed by atoms with Gasteiger partial charge in [0.25, 0.3) is 15.9 Å². The molecule has 0 unspecified atom stereocenters. The van der Waals surface area contributed by atoms with Gasteiger partial charge in [-0.1, -0.05) is 12.1 Å². The van der Waals surface area contributed by atoms with Crippen LogP contribution in [0.15, 0.2) is 53.4 Å². The van der Waals surface area contributed by atoms with Gasteiger partial charge in [-0.25, -0.2) is 13.2 Å². The Morgan fingerprint density at radius 1 is 1.03 bits per heavy atom. The van der Waals surface area contributed by atoms with Crippen molar-refractivity contribution in [3.05, 3.63) is 59.7 Å². The van der Waals surface area contributed by atoms with Crippen LogP contribution in [0.3, 0.4) is 0 Å². The van der Waals surface area contributed by atoms with E-state index in [-0.39, 0.29) is 28.3 Å². The SMILES string of the molecule is CCOC(=O)c1ccc(S(=O)(=O)Nc2ccccc2C(=O)NCC(F)(F)F)cc1. The van der Waals surface area contributed by atoms with Crippen molar-refractivity contribution in [2.75, 3.05) is 17.9 Å². The Bertz CT molecular complexity index is 989. The zero-order valence-electron chi connectivity index (χ0n) is 15.1. The number of para-hydroxylation sites is 1. The van der Waals surface area contributed by atoms with Crippen LogP contribution < -0.4 is 10.0 Å². The second kappa shape index (κ2) is 8.95. The van der Waals surface area contributed by atoms with Crippen LogP contribution in [-0.4, -0.2) is 39.6 Å². The number of hydrogen-bond acceptors (Lipinski definition) is 5. The lowest BCUT2D eigenvalue weighted by molar-refractivity contribution is -0.123. The van der Waals surface area contributed by atoms with Gasteiger partial charge >= 0.3 is 12.1 Å². The van der Waals surface area contributed by atoms with Crippen molar-refractivity contribution < 1.29 is 35.9 Å². The summed E-state index contributed by atoms with van der Waals surface area (Å²) < 4.78 is 69.0. The van der Waals surface area contributed by atoms with Crippen LogP contribution in [0.5, 0.6) is 0 Å². The quantitative estimate of drug-likeness (QED) is 0.658. The highest BCUT2D eigenvalue weighted by molar-refractivity contribution is 7.92. The first-order chi connectivity index (χ1) is 13.5. The molecular formula is C18H17F3N2O5S. The zero-order chi connectivity index (χ0) is 21.7.